The summed E-state index contributed by atoms with van der Waals surface area (Å²) in [5, 5.41) is 9.52. The average Bonchev–Trinajstić information content (AvgIpc) is 3.70. The molecule has 0 aliphatic carbocycles. The summed E-state index contributed by atoms with van der Waals surface area (Å²) in [5.74, 6) is -0.0838. The highest BCUT2D eigenvalue weighted by atomic mass is 32.2. The number of carbonyl (C=O) groups is 1. The topological polar surface area (TPSA) is 124 Å². The number of amides is 1. The van der Waals surface area contributed by atoms with Crippen LogP contribution in [0.1, 0.15) is 22.3 Å². The number of likely N-dealkylation sites (tertiary alicyclic amines) is 1. The van der Waals surface area contributed by atoms with Crippen LogP contribution in [-0.2, 0) is 16.6 Å². The number of H-pyrrole nitrogens is 1. The number of nitrogens with zero attached hydrogens (tertiary/aromatic N) is 5. The molecular weight excluding hydrogens is 510 g/mol. The second kappa shape index (κ2) is 10.9. The predicted molar refractivity (Wildman–Crippen MR) is 142 cm³/mol. The lowest BCUT2D eigenvalue weighted by molar-refractivity contribution is 0.0786. The second-order valence-electron chi connectivity index (χ2n) is 8.72. The average molecular weight is 538 g/mol. The Kier molecular flexibility index (Phi) is 7.42. The zero-order chi connectivity index (χ0) is 25.8. The highest BCUT2D eigenvalue weighted by Gasteiger charge is 2.34. The van der Waals surface area contributed by atoms with Crippen LogP contribution in [0.2, 0.25) is 0 Å². The van der Waals surface area contributed by atoms with Crippen LogP contribution in [0.5, 0.6) is 0 Å². The van der Waals surface area contributed by atoms with Crippen LogP contribution in [-0.4, -0.2) is 76.4 Å². The van der Waals surface area contributed by atoms with Gasteiger partial charge in [-0.15, -0.1) is 11.3 Å². The molecule has 1 aromatic carbocycles. The van der Waals surface area contributed by atoms with Crippen LogP contribution in [0.25, 0.3) is 22.0 Å². The van der Waals surface area contributed by atoms with E-state index in [1.807, 2.05) is 35.7 Å². The first-order chi connectivity index (χ1) is 17.9. The van der Waals surface area contributed by atoms with Gasteiger partial charge in [0.2, 0.25) is 0 Å². The number of thiophene rings is 1. The van der Waals surface area contributed by atoms with E-state index in [1.54, 1.807) is 54.0 Å². The first-order valence-electron chi connectivity index (χ1n) is 11.9. The number of rotatable bonds is 9. The van der Waals surface area contributed by atoms with Crippen molar-refractivity contribution in [3.8, 4) is 22.0 Å². The summed E-state index contributed by atoms with van der Waals surface area (Å²) in [4.78, 5) is 24.0. The van der Waals surface area contributed by atoms with E-state index in [-0.39, 0.29) is 18.5 Å². The standard InChI is InChI=1S/C25H27N7O3S2/c1-31(19-10-14-32(17-19)25(33)18-6-3-2-4-7-18)37(34,35)28-11-9-20-23(21-16-26-12-13-27-21)29-30-24(20)22-8-5-15-36-22/h2-8,12-13,15-16,19,28H,9-11,14,17H2,1H3,(H,29,30). The van der Waals surface area contributed by atoms with Gasteiger partial charge in [-0.05, 0) is 36.4 Å². The number of aromatic amines is 1. The van der Waals surface area contributed by atoms with Gasteiger partial charge in [-0.1, -0.05) is 24.3 Å². The lowest BCUT2D eigenvalue weighted by atomic mass is 10.1. The Balaban J connectivity index is 1.25. The first kappa shape index (κ1) is 25.2. The Labute approximate surface area is 219 Å². The highest BCUT2D eigenvalue weighted by Crippen LogP contribution is 2.32. The molecule has 1 atom stereocenters. The van der Waals surface area contributed by atoms with Crippen molar-refractivity contribution < 1.29 is 13.2 Å². The number of nitrogens with one attached hydrogen (secondary N) is 2. The van der Waals surface area contributed by atoms with Crippen molar-refractivity contribution in [2.75, 3.05) is 26.7 Å². The fourth-order valence-electron chi connectivity index (χ4n) is 4.46. The van der Waals surface area contributed by atoms with Gasteiger partial charge in [0, 0.05) is 56.2 Å². The molecule has 1 aliphatic heterocycles. The lowest BCUT2D eigenvalue weighted by Gasteiger charge is -2.24. The number of likely N-dealkylation sites (N-methyl/N-ethyl adjacent to an activating group) is 1. The third kappa shape index (κ3) is 5.47. The SMILES string of the molecule is CN(C1CCN(C(=O)c2ccccc2)C1)S(=O)(=O)NCCc1c(-c2cccs2)n[nH]c1-c1cnccn1. The van der Waals surface area contributed by atoms with E-state index in [9.17, 15) is 13.2 Å². The molecule has 10 nitrogen and oxygen atoms in total. The van der Waals surface area contributed by atoms with Crippen molar-refractivity contribution in [2.24, 2.45) is 0 Å². The maximum Gasteiger partial charge on any atom is 0.279 e. The molecule has 3 aromatic heterocycles. The van der Waals surface area contributed by atoms with Gasteiger partial charge in [-0.3, -0.25) is 19.9 Å². The molecule has 4 heterocycles. The molecule has 1 unspecified atom stereocenters. The minimum atomic E-state index is -3.77. The largest absolute Gasteiger partial charge is 0.337 e. The quantitative estimate of drug-likeness (QED) is 0.338. The Bertz CT molecular complexity index is 1440. The van der Waals surface area contributed by atoms with E-state index in [4.69, 9.17) is 0 Å². The maximum absolute atomic E-state index is 13.1. The molecule has 0 spiro atoms. The Morgan fingerprint density at radius 2 is 2.05 bits per heavy atom. The van der Waals surface area contributed by atoms with Crippen LogP contribution in [0, 0.1) is 0 Å². The lowest BCUT2D eigenvalue weighted by Crippen LogP contribution is -2.46. The summed E-state index contributed by atoms with van der Waals surface area (Å²) < 4.78 is 30.3. The summed E-state index contributed by atoms with van der Waals surface area (Å²) in [5.41, 5.74) is 3.60. The monoisotopic (exact) mass is 537 g/mol. The molecule has 1 amide bonds. The molecule has 5 rings (SSSR count). The van der Waals surface area contributed by atoms with Gasteiger partial charge in [-0.2, -0.15) is 17.8 Å². The summed E-state index contributed by atoms with van der Waals surface area (Å²) >= 11 is 1.56. The smallest absolute Gasteiger partial charge is 0.279 e. The van der Waals surface area contributed by atoms with Gasteiger partial charge in [0.25, 0.3) is 16.1 Å². The molecule has 1 aliphatic rings. The molecular formula is C25H27N7O3S2. The molecule has 2 N–H and O–H groups in total. The summed E-state index contributed by atoms with van der Waals surface area (Å²) in [7, 11) is -2.21. The molecule has 4 aromatic rings. The number of hydrogen-bond acceptors (Lipinski definition) is 7. The summed E-state index contributed by atoms with van der Waals surface area (Å²) in [6.45, 7) is 1.04. The normalized spacial score (nSPS) is 15.9. The van der Waals surface area contributed by atoms with Crippen LogP contribution in [0.3, 0.4) is 0 Å². The van der Waals surface area contributed by atoms with Crippen molar-refractivity contribution in [2.45, 2.75) is 18.9 Å². The molecule has 0 bridgehead atoms. The number of aromatic nitrogens is 4. The third-order valence-corrected chi connectivity index (χ3v) is 8.97. The number of carbonyl (C=O) groups excluding carboxylic acids is 1. The van der Waals surface area contributed by atoms with E-state index in [0.29, 0.717) is 37.2 Å². The predicted octanol–water partition coefficient (Wildman–Crippen LogP) is 2.82. The van der Waals surface area contributed by atoms with Gasteiger partial charge in [0.15, 0.2) is 0 Å². The summed E-state index contributed by atoms with van der Waals surface area (Å²) in [6.07, 6.45) is 5.84. The van der Waals surface area contributed by atoms with Crippen molar-refractivity contribution in [3.63, 3.8) is 0 Å². The maximum atomic E-state index is 13.1. The molecule has 0 radical (unpaired) electrons. The Morgan fingerprint density at radius 1 is 1.22 bits per heavy atom. The third-order valence-electron chi connectivity index (χ3n) is 6.47. The van der Waals surface area contributed by atoms with Crippen molar-refractivity contribution in [3.05, 3.63) is 77.6 Å². The zero-order valence-corrected chi connectivity index (χ0v) is 21.9. The van der Waals surface area contributed by atoms with E-state index in [1.165, 1.54) is 4.31 Å². The highest BCUT2D eigenvalue weighted by molar-refractivity contribution is 7.87. The number of hydrogen-bond donors (Lipinski definition) is 2. The van der Waals surface area contributed by atoms with E-state index < -0.39 is 10.2 Å². The van der Waals surface area contributed by atoms with E-state index >= 15 is 0 Å². The first-order valence-corrected chi connectivity index (χ1v) is 14.2. The molecule has 192 valence electrons. The van der Waals surface area contributed by atoms with E-state index in [2.05, 4.69) is 24.9 Å². The molecule has 1 saturated heterocycles. The number of benzene rings is 1. The van der Waals surface area contributed by atoms with Crippen LogP contribution in [0.15, 0.2) is 66.4 Å². The zero-order valence-electron chi connectivity index (χ0n) is 20.2. The van der Waals surface area contributed by atoms with E-state index in [0.717, 1.165) is 21.8 Å². The van der Waals surface area contributed by atoms with Crippen molar-refractivity contribution in [1.82, 2.24) is 34.1 Å². The fourth-order valence-corrected chi connectivity index (χ4v) is 6.32. The molecule has 12 heteroatoms. The minimum Gasteiger partial charge on any atom is -0.337 e. The Morgan fingerprint density at radius 3 is 2.78 bits per heavy atom. The Hall–Kier alpha value is -3.45. The van der Waals surface area contributed by atoms with Crippen molar-refractivity contribution >= 4 is 27.5 Å². The van der Waals surface area contributed by atoms with Gasteiger partial charge < -0.3 is 4.90 Å². The van der Waals surface area contributed by atoms with Gasteiger partial charge in [0.05, 0.1) is 16.8 Å². The van der Waals surface area contributed by atoms with Crippen LogP contribution >= 0.6 is 11.3 Å². The molecule has 37 heavy (non-hydrogen) atoms. The van der Waals surface area contributed by atoms with Crippen LogP contribution in [0.4, 0.5) is 0 Å². The second-order valence-corrected chi connectivity index (χ2v) is 11.5. The minimum absolute atomic E-state index is 0.0838. The van der Waals surface area contributed by atoms with Gasteiger partial charge in [-0.25, -0.2) is 4.72 Å². The van der Waals surface area contributed by atoms with Crippen LogP contribution < -0.4 is 4.72 Å². The van der Waals surface area contributed by atoms with Gasteiger partial charge >= 0.3 is 0 Å². The van der Waals surface area contributed by atoms with Gasteiger partial charge in [0.1, 0.15) is 11.4 Å². The fraction of sp³-hybridized carbons (Fsp3) is 0.280. The van der Waals surface area contributed by atoms with Crippen molar-refractivity contribution in [1.29, 1.82) is 0 Å². The molecule has 1 fully saturated rings. The molecule has 0 saturated carbocycles. The summed E-state index contributed by atoms with van der Waals surface area (Å²) in [6, 6.07) is 12.7.